The van der Waals surface area contributed by atoms with E-state index in [9.17, 15) is 10.1 Å². The summed E-state index contributed by atoms with van der Waals surface area (Å²) in [6, 6.07) is 11.6. The van der Waals surface area contributed by atoms with Gasteiger partial charge in [-0.2, -0.15) is 15.2 Å². The van der Waals surface area contributed by atoms with Gasteiger partial charge in [-0.1, -0.05) is 31.7 Å². The lowest BCUT2D eigenvalue weighted by molar-refractivity contribution is -0.128. The fourth-order valence-electron chi connectivity index (χ4n) is 6.21. The van der Waals surface area contributed by atoms with E-state index in [2.05, 4.69) is 58.5 Å². The molecule has 1 aromatic carbocycles. The van der Waals surface area contributed by atoms with E-state index in [1.54, 1.807) is 4.90 Å². The van der Waals surface area contributed by atoms with Crippen molar-refractivity contribution >= 4 is 17.4 Å². The zero-order chi connectivity index (χ0) is 27.5. The highest BCUT2D eigenvalue weighted by atomic mass is 16.5. The summed E-state index contributed by atoms with van der Waals surface area (Å²) in [4.78, 5) is 30.9. The molecule has 3 aliphatic rings. The first kappa shape index (κ1) is 26.9. The fourth-order valence-corrected chi connectivity index (χ4v) is 6.21. The number of fused-ring (bicyclic) bond motifs is 2. The molecule has 0 saturated carbocycles. The number of hydrogen-bond acceptors (Lipinski definition) is 8. The van der Waals surface area contributed by atoms with Crippen molar-refractivity contribution in [1.29, 1.82) is 5.26 Å². The van der Waals surface area contributed by atoms with E-state index >= 15 is 0 Å². The van der Waals surface area contributed by atoms with Gasteiger partial charge >= 0.3 is 6.01 Å². The van der Waals surface area contributed by atoms with E-state index in [4.69, 9.17) is 14.7 Å². The molecule has 1 aromatic heterocycles. The van der Waals surface area contributed by atoms with Crippen molar-refractivity contribution in [2.24, 2.45) is 0 Å². The molecule has 2 aliphatic heterocycles. The normalized spacial score (nSPS) is 22.3. The maximum absolute atomic E-state index is 12.5. The molecule has 206 valence electrons. The molecule has 9 heteroatoms. The Balaban J connectivity index is 1.44. The van der Waals surface area contributed by atoms with Crippen molar-refractivity contribution < 1.29 is 9.53 Å². The molecule has 2 aromatic rings. The maximum Gasteiger partial charge on any atom is 0.318 e. The molecule has 3 unspecified atom stereocenters. The van der Waals surface area contributed by atoms with E-state index < -0.39 is 0 Å². The van der Waals surface area contributed by atoms with Crippen LogP contribution in [0.5, 0.6) is 6.01 Å². The summed E-state index contributed by atoms with van der Waals surface area (Å²) >= 11 is 0. The fraction of sp³-hybridized carbons (Fsp3) is 0.533. The third-order valence-electron chi connectivity index (χ3n) is 8.23. The third kappa shape index (κ3) is 5.57. The van der Waals surface area contributed by atoms with Crippen LogP contribution in [0, 0.1) is 11.3 Å². The first-order chi connectivity index (χ1) is 18.9. The zero-order valence-corrected chi connectivity index (χ0v) is 23.3. The lowest BCUT2D eigenvalue weighted by Gasteiger charge is -2.42. The van der Waals surface area contributed by atoms with E-state index in [0.717, 1.165) is 43.9 Å². The Hall–Kier alpha value is -3.64. The minimum Gasteiger partial charge on any atom is -0.462 e. The molecule has 0 radical (unpaired) electrons. The van der Waals surface area contributed by atoms with Gasteiger partial charge in [0.25, 0.3) is 0 Å². The second-order valence-electron chi connectivity index (χ2n) is 11.1. The van der Waals surface area contributed by atoms with Gasteiger partial charge in [0.1, 0.15) is 12.4 Å². The van der Waals surface area contributed by atoms with Gasteiger partial charge in [-0.25, -0.2) is 0 Å². The van der Waals surface area contributed by atoms with Crippen LogP contribution in [0.4, 0.5) is 11.5 Å². The number of hydrogen-bond donors (Lipinski definition) is 0. The number of nitrogens with zero attached hydrogens (tertiary/aromatic N) is 7. The summed E-state index contributed by atoms with van der Waals surface area (Å²) in [7, 11) is 4.03. The molecule has 0 spiro atoms. The van der Waals surface area contributed by atoms with Crippen molar-refractivity contribution in [2.75, 3.05) is 63.2 Å². The number of anilines is 2. The average Bonchev–Trinajstić information content (AvgIpc) is 3.28. The summed E-state index contributed by atoms with van der Waals surface area (Å²) in [5.74, 6) is 1.28. The Morgan fingerprint density at radius 2 is 2.08 bits per heavy atom. The first-order valence-electron chi connectivity index (χ1n) is 14.0. The van der Waals surface area contributed by atoms with Gasteiger partial charge in [0.2, 0.25) is 5.91 Å². The number of nitriles is 1. The number of benzene rings is 1. The quantitative estimate of drug-likeness (QED) is 0.482. The van der Waals surface area contributed by atoms with Crippen molar-refractivity contribution in [3.63, 3.8) is 0 Å². The summed E-state index contributed by atoms with van der Waals surface area (Å²) in [6.45, 7) is 9.97. The first-order valence-corrected chi connectivity index (χ1v) is 14.0. The van der Waals surface area contributed by atoms with Gasteiger partial charge in [-0.15, -0.1) is 0 Å². The number of para-hydroxylation sites is 1. The molecule has 1 amide bonds. The van der Waals surface area contributed by atoms with Crippen molar-refractivity contribution in [3.05, 3.63) is 53.7 Å². The molecular formula is C30H39N7O2. The molecule has 1 fully saturated rings. The van der Waals surface area contributed by atoms with Gasteiger partial charge in [0, 0.05) is 62.4 Å². The van der Waals surface area contributed by atoms with Crippen LogP contribution < -0.4 is 14.5 Å². The van der Waals surface area contributed by atoms with Crippen LogP contribution >= 0.6 is 0 Å². The number of carbonyl (C=O) groups excluding carboxylic acids is 1. The topological polar surface area (TPSA) is 88.8 Å². The minimum absolute atomic E-state index is 0.129. The number of piperazine rings is 1. The molecule has 0 bridgehead atoms. The minimum atomic E-state index is -0.211. The standard InChI is InChI=1S/C30H39N7O2/c1-5-28(38)36-15-14-35(20-23(36)12-13-31)29-25-11-10-22(37-19-21(2)24-8-6-7-9-27(24)37)18-26(25)32-30(33-29)39-17-16-34(3)4/h5-9,21-23H,1,10-12,14-20H2,2-4H3. The van der Waals surface area contributed by atoms with Gasteiger partial charge in [-0.3, -0.25) is 4.79 Å². The monoisotopic (exact) mass is 529 g/mol. The van der Waals surface area contributed by atoms with Crippen LogP contribution in [0.2, 0.25) is 0 Å². The van der Waals surface area contributed by atoms with Crippen LogP contribution in [-0.2, 0) is 17.6 Å². The molecule has 1 aliphatic carbocycles. The molecule has 3 atom stereocenters. The SMILES string of the molecule is C=CC(=O)N1CCN(c2nc(OCCN(C)C)nc3c2CCC(N2CC(C)c4ccccc42)C3)CC1CC#N. The Bertz CT molecular complexity index is 1260. The summed E-state index contributed by atoms with van der Waals surface area (Å²) in [5.41, 5.74) is 4.99. The van der Waals surface area contributed by atoms with Crippen molar-refractivity contribution in [1.82, 2.24) is 19.8 Å². The Labute approximate surface area is 231 Å². The second kappa shape index (κ2) is 11.6. The van der Waals surface area contributed by atoms with Crippen molar-refractivity contribution in [2.45, 2.75) is 50.6 Å². The van der Waals surface area contributed by atoms with E-state index in [-0.39, 0.29) is 18.4 Å². The molecular weight excluding hydrogens is 490 g/mol. The van der Waals surface area contributed by atoms with Crippen molar-refractivity contribution in [3.8, 4) is 12.1 Å². The van der Waals surface area contributed by atoms with Gasteiger partial charge in [0.05, 0.1) is 24.2 Å². The van der Waals surface area contributed by atoms with Gasteiger partial charge < -0.3 is 24.3 Å². The largest absolute Gasteiger partial charge is 0.462 e. The second-order valence-corrected chi connectivity index (χ2v) is 11.1. The van der Waals surface area contributed by atoms with Crippen LogP contribution in [-0.4, -0.2) is 91.2 Å². The molecule has 1 saturated heterocycles. The molecule has 39 heavy (non-hydrogen) atoms. The predicted octanol–water partition coefficient (Wildman–Crippen LogP) is 3.01. The van der Waals surface area contributed by atoms with E-state index in [1.165, 1.54) is 22.9 Å². The number of amides is 1. The van der Waals surface area contributed by atoms with Gasteiger partial charge in [-0.05, 0) is 44.6 Å². The molecule has 3 heterocycles. The highest BCUT2D eigenvalue weighted by Crippen LogP contribution is 2.40. The zero-order valence-electron chi connectivity index (χ0n) is 23.3. The highest BCUT2D eigenvalue weighted by molar-refractivity contribution is 5.87. The smallest absolute Gasteiger partial charge is 0.318 e. The third-order valence-corrected chi connectivity index (χ3v) is 8.23. The Kier molecular flexibility index (Phi) is 8.03. The number of ether oxygens (including phenoxy) is 1. The predicted molar refractivity (Wildman–Crippen MR) is 152 cm³/mol. The lowest BCUT2D eigenvalue weighted by Crippen LogP contribution is -2.55. The maximum atomic E-state index is 12.5. The van der Waals surface area contributed by atoms with Gasteiger partial charge in [0.15, 0.2) is 0 Å². The van der Waals surface area contributed by atoms with Crippen LogP contribution in [0.3, 0.4) is 0 Å². The highest BCUT2D eigenvalue weighted by Gasteiger charge is 2.36. The summed E-state index contributed by atoms with van der Waals surface area (Å²) in [6.07, 6.45) is 4.36. The number of aromatic nitrogens is 2. The Morgan fingerprint density at radius 1 is 1.26 bits per heavy atom. The lowest BCUT2D eigenvalue weighted by atomic mass is 9.90. The van der Waals surface area contributed by atoms with E-state index in [1.807, 2.05) is 14.1 Å². The molecule has 0 N–H and O–H groups in total. The number of rotatable bonds is 8. The molecule has 9 nitrogen and oxygen atoms in total. The number of likely N-dealkylation sites (N-methyl/N-ethyl adjacent to an activating group) is 1. The Morgan fingerprint density at radius 3 is 2.85 bits per heavy atom. The van der Waals surface area contributed by atoms with Crippen LogP contribution in [0.25, 0.3) is 0 Å². The molecule has 5 rings (SSSR count). The van der Waals surface area contributed by atoms with Crippen LogP contribution in [0.1, 0.15) is 42.5 Å². The summed E-state index contributed by atoms with van der Waals surface area (Å²) < 4.78 is 6.07. The average molecular weight is 530 g/mol. The summed E-state index contributed by atoms with van der Waals surface area (Å²) in [5, 5.41) is 9.46. The van der Waals surface area contributed by atoms with E-state index in [0.29, 0.717) is 44.2 Å². The number of carbonyl (C=O) groups is 1. The van der Waals surface area contributed by atoms with Crippen LogP contribution in [0.15, 0.2) is 36.9 Å².